The summed E-state index contributed by atoms with van der Waals surface area (Å²) in [6.07, 6.45) is 0.587. The Morgan fingerprint density at radius 3 is 2.94 bits per heavy atom. The predicted octanol–water partition coefficient (Wildman–Crippen LogP) is -0.482. The van der Waals surface area contributed by atoms with Gasteiger partial charge in [0.15, 0.2) is 0 Å². The number of thiocarbonyl (C=S) groups is 1. The van der Waals surface area contributed by atoms with Crippen LogP contribution in [0.3, 0.4) is 0 Å². The van der Waals surface area contributed by atoms with Crippen molar-refractivity contribution in [1.82, 2.24) is 4.90 Å². The van der Waals surface area contributed by atoms with Crippen LogP contribution in [0.2, 0.25) is 0 Å². The Morgan fingerprint density at radius 1 is 1.75 bits per heavy atom. The lowest BCUT2D eigenvalue weighted by Crippen LogP contribution is -2.53. The molecular weight excluding hydrogens is 228 g/mol. The molecule has 1 saturated heterocycles. The summed E-state index contributed by atoms with van der Waals surface area (Å²) in [5.41, 5.74) is 5.53. The Balaban J connectivity index is 2.73. The molecule has 1 amide bonds. The second-order valence-corrected chi connectivity index (χ2v) is 4.28. The maximum Gasteiger partial charge on any atom is 0.232 e. The normalized spacial score (nSPS) is 22.9. The summed E-state index contributed by atoms with van der Waals surface area (Å²) in [5, 5.41) is 9.17. The van der Waals surface area contributed by atoms with Gasteiger partial charge in [0, 0.05) is 6.54 Å². The van der Waals surface area contributed by atoms with Crippen LogP contribution in [0.4, 0.5) is 0 Å². The third kappa shape index (κ3) is 2.90. The van der Waals surface area contributed by atoms with Gasteiger partial charge in [-0.15, -0.1) is 0 Å². The van der Waals surface area contributed by atoms with Gasteiger partial charge in [0.2, 0.25) is 5.91 Å². The number of carbonyl (C=O) groups is 1. The lowest BCUT2D eigenvalue weighted by Gasteiger charge is -2.36. The van der Waals surface area contributed by atoms with Crippen molar-refractivity contribution in [2.75, 3.05) is 26.4 Å². The molecule has 2 unspecified atom stereocenters. The van der Waals surface area contributed by atoms with Crippen LogP contribution in [-0.4, -0.2) is 53.3 Å². The maximum atomic E-state index is 12.1. The van der Waals surface area contributed by atoms with Gasteiger partial charge in [0.1, 0.15) is 0 Å². The van der Waals surface area contributed by atoms with Crippen LogP contribution in [0.15, 0.2) is 0 Å². The Kier molecular flexibility index (Phi) is 5.11. The number of rotatable bonds is 4. The molecule has 3 N–H and O–H groups in total. The van der Waals surface area contributed by atoms with E-state index in [9.17, 15) is 4.79 Å². The number of hydrogen-bond donors (Lipinski definition) is 2. The van der Waals surface area contributed by atoms with Gasteiger partial charge in [0.05, 0.1) is 36.8 Å². The van der Waals surface area contributed by atoms with E-state index in [0.717, 1.165) is 0 Å². The average Bonchev–Trinajstić information content (AvgIpc) is 2.29. The molecule has 0 saturated carbocycles. The molecule has 0 aromatic heterocycles. The largest absolute Gasteiger partial charge is 0.394 e. The standard InChI is InChI=1S/C10H18N2O3S/c1-2-8(9(11)16)10(14)12-3-4-15-6-7(12)5-13/h7-8,13H,2-6H2,1H3,(H2,11,16). The molecule has 6 heteroatoms. The Morgan fingerprint density at radius 2 is 2.44 bits per heavy atom. The van der Waals surface area contributed by atoms with Crippen molar-refractivity contribution in [3.05, 3.63) is 0 Å². The van der Waals surface area contributed by atoms with Crippen LogP contribution in [0.5, 0.6) is 0 Å². The highest BCUT2D eigenvalue weighted by Gasteiger charge is 2.31. The van der Waals surface area contributed by atoms with E-state index in [2.05, 4.69) is 0 Å². The molecule has 5 nitrogen and oxygen atoms in total. The molecule has 1 heterocycles. The third-order valence-electron chi connectivity index (χ3n) is 2.77. The molecule has 0 aromatic carbocycles. The summed E-state index contributed by atoms with van der Waals surface area (Å²) in [7, 11) is 0. The first kappa shape index (κ1) is 13.3. The van der Waals surface area contributed by atoms with Gasteiger partial charge in [-0.05, 0) is 6.42 Å². The molecule has 1 fully saturated rings. The van der Waals surface area contributed by atoms with E-state index in [1.807, 2.05) is 6.92 Å². The number of nitrogens with zero attached hydrogens (tertiary/aromatic N) is 1. The Bertz CT molecular complexity index is 273. The second-order valence-electron chi connectivity index (χ2n) is 3.81. The van der Waals surface area contributed by atoms with E-state index in [0.29, 0.717) is 26.2 Å². The summed E-state index contributed by atoms with van der Waals surface area (Å²) >= 11 is 4.87. The Labute approximate surface area is 101 Å². The molecule has 0 aliphatic carbocycles. The molecule has 92 valence electrons. The zero-order chi connectivity index (χ0) is 12.1. The Hall–Kier alpha value is -0.720. The number of hydrogen-bond acceptors (Lipinski definition) is 4. The fraction of sp³-hybridized carbons (Fsp3) is 0.800. The number of nitrogens with two attached hydrogens (primary N) is 1. The fourth-order valence-corrected chi connectivity index (χ4v) is 2.06. The van der Waals surface area contributed by atoms with E-state index in [4.69, 9.17) is 27.8 Å². The second kappa shape index (κ2) is 6.12. The summed E-state index contributed by atoms with van der Waals surface area (Å²) < 4.78 is 5.21. The average molecular weight is 246 g/mol. The van der Waals surface area contributed by atoms with Gasteiger partial charge in [0.25, 0.3) is 0 Å². The van der Waals surface area contributed by atoms with Crippen molar-refractivity contribution < 1.29 is 14.6 Å². The highest BCUT2D eigenvalue weighted by atomic mass is 32.1. The number of carbonyl (C=O) groups excluding carboxylic acids is 1. The van der Waals surface area contributed by atoms with Crippen LogP contribution in [0.1, 0.15) is 13.3 Å². The number of morpholine rings is 1. The lowest BCUT2D eigenvalue weighted by molar-refractivity contribution is -0.143. The van der Waals surface area contributed by atoms with Crippen molar-refractivity contribution in [1.29, 1.82) is 0 Å². The molecule has 0 aromatic rings. The van der Waals surface area contributed by atoms with E-state index in [-0.39, 0.29) is 23.5 Å². The first-order valence-corrected chi connectivity index (χ1v) is 5.81. The summed E-state index contributed by atoms with van der Waals surface area (Å²) in [6, 6.07) is -0.273. The van der Waals surface area contributed by atoms with Crippen LogP contribution in [-0.2, 0) is 9.53 Å². The lowest BCUT2D eigenvalue weighted by atomic mass is 10.0. The van der Waals surface area contributed by atoms with E-state index < -0.39 is 5.92 Å². The zero-order valence-corrected chi connectivity index (χ0v) is 10.2. The van der Waals surface area contributed by atoms with Crippen LogP contribution >= 0.6 is 12.2 Å². The number of aliphatic hydroxyl groups excluding tert-OH is 1. The van der Waals surface area contributed by atoms with Crippen molar-refractivity contribution in [3.8, 4) is 0 Å². The minimum atomic E-state index is -0.429. The molecular formula is C10H18N2O3S. The minimum Gasteiger partial charge on any atom is -0.394 e. The van der Waals surface area contributed by atoms with Crippen molar-refractivity contribution in [2.24, 2.45) is 11.7 Å². The van der Waals surface area contributed by atoms with Crippen molar-refractivity contribution in [2.45, 2.75) is 19.4 Å². The predicted molar refractivity (Wildman–Crippen MR) is 64.0 cm³/mol. The van der Waals surface area contributed by atoms with E-state index in [1.54, 1.807) is 4.90 Å². The van der Waals surface area contributed by atoms with Crippen molar-refractivity contribution in [3.63, 3.8) is 0 Å². The molecule has 2 atom stereocenters. The number of aliphatic hydroxyl groups is 1. The first-order valence-electron chi connectivity index (χ1n) is 5.40. The smallest absolute Gasteiger partial charge is 0.232 e. The van der Waals surface area contributed by atoms with E-state index >= 15 is 0 Å². The summed E-state index contributed by atoms with van der Waals surface area (Å²) in [5.74, 6) is -0.528. The SMILES string of the molecule is CCC(C(=O)N1CCOCC1CO)C(N)=S. The number of amides is 1. The topological polar surface area (TPSA) is 75.8 Å². The molecule has 0 radical (unpaired) electrons. The highest BCUT2D eigenvalue weighted by Crippen LogP contribution is 2.14. The molecule has 0 bridgehead atoms. The fourth-order valence-electron chi connectivity index (χ4n) is 1.79. The van der Waals surface area contributed by atoms with Gasteiger partial charge in [-0.25, -0.2) is 0 Å². The molecule has 1 aliphatic heterocycles. The third-order valence-corrected chi connectivity index (χ3v) is 3.06. The minimum absolute atomic E-state index is 0.0977. The maximum absolute atomic E-state index is 12.1. The first-order chi connectivity index (χ1) is 7.61. The zero-order valence-electron chi connectivity index (χ0n) is 9.39. The molecule has 1 aliphatic rings. The monoisotopic (exact) mass is 246 g/mol. The van der Waals surface area contributed by atoms with Gasteiger partial charge in [-0.3, -0.25) is 4.79 Å². The number of ether oxygens (including phenoxy) is 1. The van der Waals surface area contributed by atoms with Crippen LogP contribution in [0.25, 0.3) is 0 Å². The van der Waals surface area contributed by atoms with Gasteiger partial charge in [-0.2, -0.15) is 0 Å². The van der Waals surface area contributed by atoms with E-state index in [1.165, 1.54) is 0 Å². The molecule has 0 spiro atoms. The van der Waals surface area contributed by atoms with Crippen LogP contribution < -0.4 is 5.73 Å². The summed E-state index contributed by atoms with van der Waals surface area (Å²) in [4.78, 5) is 14.0. The van der Waals surface area contributed by atoms with Gasteiger partial charge in [-0.1, -0.05) is 19.1 Å². The summed E-state index contributed by atoms with van der Waals surface area (Å²) in [6.45, 7) is 3.13. The highest BCUT2D eigenvalue weighted by molar-refractivity contribution is 7.80. The van der Waals surface area contributed by atoms with Gasteiger partial charge < -0.3 is 20.5 Å². The molecule has 1 rings (SSSR count). The van der Waals surface area contributed by atoms with Gasteiger partial charge >= 0.3 is 0 Å². The van der Waals surface area contributed by atoms with Crippen LogP contribution in [0, 0.1) is 5.92 Å². The quantitative estimate of drug-likeness (QED) is 0.655. The van der Waals surface area contributed by atoms with Crippen molar-refractivity contribution >= 4 is 23.1 Å². The molecule has 16 heavy (non-hydrogen) atoms.